The Labute approximate surface area is 311 Å². The van der Waals surface area contributed by atoms with Gasteiger partial charge in [-0.1, -0.05) is 127 Å². The van der Waals surface area contributed by atoms with Crippen LogP contribution in [0.2, 0.25) is 0 Å². The van der Waals surface area contributed by atoms with Gasteiger partial charge in [-0.2, -0.15) is 0 Å². The van der Waals surface area contributed by atoms with Gasteiger partial charge in [0.1, 0.15) is 6.61 Å². The molecule has 0 radical (unpaired) electrons. The zero-order chi connectivity index (χ0) is 37.7. The number of likely N-dealkylation sites (N-methyl/N-ethyl adjacent to an activating group) is 1. The number of nitrogens with zero attached hydrogens (tertiary/aromatic N) is 1. The molecule has 0 aromatic rings. The van der Waals surface area contributed by atoms with E-state index in [-0.39, 0.29) is 26.1 Å². The van der Waals surface area contributed by atoms with Crippen LogP contribution < -0.4 is 0 Å². The zero-order valence-corrected chi connectivity index (χ0v) is 33.7. The Morgan fingerprint density at radius 2 is 1.10 bits per heavy atom. The number of hydrogen-bond acceptors (Lipinski definition) is 8. The summed E-state index contributed by atoms with van der Waals surface area (Å²) in [6.45, 7) is 4.19. The number of esters is 2. The molecule has 0 rings (SSSR count). The third kappa shape index (κ3) is 37.5. The van der Waals surface area contributed by atoms with E-state index in [0.29, 0.717) is 13.0 Å². The average molecular weight is 740 g/mol. The van der Waals surface area contributed by atoms with E-state index in [4.69, 9.17) is 18.5 Å². The molecule has 0 aliphatic heterocycles. The molecule has 0 saturated carbocycles. The molecule has 9 nitrogen and oxygen atoms in total. The van der Waals surface area contributed by atoms with Crippen LogP contribution in [0, 0.1) is 0 Å². The molecule has 0 aliphatic carbocycles. The number of rotatable bonds is 36. The fraction of sp³-hybridized carbons (Fsp3) is 0.756. The normalized spacial score (nSPS) is 14.0. The first kappa shape index (κ1) is 49.0. The number of ether oxygens (including phenoxy) is 2. The van der Waals surface area contributed by atoms with Crippen molar-refractivity contribution in [2.24, 2.45) is 0 Å². The van der Waals surface area contributed by atoms with Crippen molar-refractivity contribution in [2.45, 2.75) is 161 Å². The molecule has 51 heavy (non-hydrogen) atoms. The predicted molar refractivity (Wildman–Crippen MR) is 211 cm³/mol. The van der Waals surface area contributed by atoms with Crippen LogP contribution >= 0.6 is 7.82 Å². The quantitative estimate of drug-likeness (QED) is 0.0290. The van der Waals surface area contributed by atoms with Gasteiger partial charge in [-0.3, -0.25) is 18.6 Å². The molecule has 0 aliphatic rings. The molecule has 10 heteroatoms. The molecule has 0 saturated heterocycles. The smallest absolute Gasteiger partial charge is 0.462 e. The van der Waals surface area contributed by atoms with Gasteiger partial charge < -0.3 is 19.3 Å². The van der Waals surface area contributed by atoms with Crippen molar-refractivity contribution in [2.75, 3.05) is 40.5 Å². The lowest BCUT2D eigenvalue weighted by Gasteiger charge is -2.20. The summed E-state index contributed by atoms with van der Waals surface area (Å²) in [6, 6.07) is 0. The minimum Gasteiger partial charge on any atom is -0.462 e. The Hall–Kier alpha value is -2.03. The van der Waals surface area contributed by atoms with Crippen LogP contribution in [0.4, 0.5) is 0 Å². The molecule has 0 spiro atoms. The summed E-state index contributed by atoms with van der Waals surface area (Å²) in [5.74, 6) is -0.880. The van der Waals surface area contributed by atoms with E-state index in [1.54, 1.807) is 4.90 Å². The monoisotopic (exact) mass is 740 g/mol. The molecule has 296 valence electrons. The highest BCUT2D eigenvalue weighted by Crippen LogP contribution is 2.43. The molecule has 1 N–H and O–H groups in total. The molecule has 0 heterocycles. The molecular formula is C41H74NO8P. The third-order valence-corrected chi connectivity index (χ3v) is 9.09. The van der Waals surface area contributed by atoms with Gasteiger partial charge in [-0.25, -0.2) is 4.57 Å². The summed E-state index contributed by atoms with van der Waals surface area (Å²) in [5.41, 5.74) is 0. The summed E-state index contributed by atoms with van der Waals surface area (Å²) >= 11 is 0. The maximum Gasteiger partial charge on any atom is 0.472 e. The Morgan fingerprint density at radius 1 is 0.608 bits per heavy atom. The van der Waals surface area contributed by atoms with Crippen LogP contribution in [0.25, 0.3) is 0 Å². The number of carbonyl (C=O) groups is 2. The van der Waals surface area contributed by atoms with E-state index in [1.165, 1.54) is 51.4 Å². The van der Waals surface area contributed by atoms with E-state index in [0.717, 1.165) is 70.6 Å². The number of hydrogen-bond donors (Lipinski definition) is 1. The van der Waals surface area contributed by atoms with Crippen molar-refractivity contribution < 1.29 is 37.6 Å². The Kier molecular flexibility index (Phi) is 34.9. The first-order valence-corrected chi connectivity index (χ1v) is 21.4. The van der Waals surface area contributed by atoms with Gasteiger partial charge >= 0.3 is 19.8 Å². The third-order valence-electron chi connectivity index (χ3n) is 8.11. The number of phosphoric ester groups is 1. The highest BCUT2D eigenvalue weighted by molar-refractivity contribution is 7.47. The van der Waals surface area contributed by atoms with E-state index >= 15 is 0 Å². The first-order valence-electron chi connectivity index (χ1n) is 19.9. The highest BCUT2D eigenvalue weighted by Gasteiger charge is 2.26. The standard InChI is InChI=1S/C41H74NO8P/c1-5-7-9-11-13-15-17-18-19-20-21-22-24-26-28-30-32-34-41(44)50-39(38-49-51(45,46)48-36-35-42(3)4)37-47-40(43)33-31-29-27-25-23-16-14-12-10-8-6-2/h12,14,18-19,21-22,26,28,39H,5-11,13,15-17,20,23-25,27,29-38H2,1-4H3,(H,45,46)/b14-12-,19-18-,22-21-,28-26-. The molecule has 0 aromatic carbocycles. The van der Waals surface area contributed by atoms with Gasteiger partial charge in [0.05, 0.1) is 13.2 Å². The summed E-state index contributed by atoms with van der Waals surface area (Å²) < 4.78 is 33.3. The van der Waals surface area contributed by atoms with Crippen molar-refractivity contribution in [3.05, 3.63) is 48.6 Å². The summed E-state index contributed by atoms with van der Waals surface area (Å²) in [5, 5.41) is 0. The van der Waals surface area contributed by atoms with E-state index in [1.807, 2.05) is 20.2 Å². The molecule has 0 bridgehead atoms. The Morgan fingerprint density at radius 3 is 1.71 bits per heavy atom. The van der Waals surface area contributed by atoms with Gasteiger partial charge in [0.15, 0.2) is 6.10 Å². The fourth-order valence-corrected chi connectivity index (χ4v) is 5.72. The van der Waals surface area contributed by atoms with Crippen LogP contribution in [0.15, 0.2) is 48.6 Å². The first-order chi connectivity index (χ1) is 24.7. The molecule has 2 atom stereocenters. The zero-order valence-electron chi connectivity index (χ0n) is 32.8. The Balaban J connectivity index is 4.45. The van der Waals surface area contributed by atoms with E-state index < -0.39 is 32.5 Å². The molecule has 2 unspecified atom stereocenters. The van der Waals surface area contributed by atoms with Crippen molar-refractivity contribution >= 4 is 19.8 Å². The van der Waals surface area contributed by atoms with Crippen molar-refractivity contribution in [1.29, 1.82) is 0 Å². The summed E-state index contributed by atoms with van der Waals surface area (Å²) in [6.07, 6.45) is 38.8. The fourth-order valence-electron chi connectivity index (χ4n) is 4.98. The van der Waals surface area contributed by atoms with Crippen LogP contribution in [-0.2, 0) is 32.7 Å². The minimum atomic E-state index is -4.37. The second kappa shape index (κ2) is 36.3. The molecule has 0 aromatic heterocycles. The van der Waals surface area contributed by atoms with Gasteiger partial charge in [0.2, 0.25) is 0 Å². The maximum absolute atomic E-state index is 12.6. The van der Waals surface area contributed by atoms with E-state index in [2.05, 4.69) is 56.4 Å². The SMILES string of the molecule is CCCC/C=C\CCCCCCCC(=O)OCC(COP(=O)(O)OCCN(C)C)OC(=O)CCC/C=C\C/C=C\C/C=C\CCCCCCCC. The van der Waals surface area contributed by atoms with Gasteiger partial charge in [0, 0.05) is 19.4 Å². The number of unbranched alkanes of at least 4 members (excludes halogenated alkanes) is 14. The average Bonchev–Trinajstić information content (AvgIpc) is 3.09. The topological polar surface area (TPSA) is 112 Å². The number of phosphoric acid groups is 1. The van der Waals surface area contributed by atoms with Crippen molar-refractivity contribution in [3.8, 4) is 0 Å². The predicted octanol–water partition coefficient (Wildman–Crippen LogP) is 11.0. The maximum atomic E-state index is 12.6. The minimum absolute atomic E-state index is 0.00442. The number of carbonyl (C=O) groups excluding carboxylic acids is 2. The summed E-state index contributed by atoms with van der Waals surface area (Å²) in [4.78, 5) is 36.8. The highest BCUT2D eigenvalue weighted by atomic mass is 31.2. The van der Waals surface area contributed by atoms with Gasteiger partial charge in [-0.15, -0.1) is 0 Å². The lowest BCUT2D eigenvalue weighted by Crippen LogP contribution is -2.29. The number of allylic oxidation sites excluding steroid dienone is 8. The molecular weight excluding hydrogens is 665 g/mol. The van der Waals surface area contributed by atoms with Crippen LogP contribution in [0.1, 0.15) is 155 Å². The van der Waals surface area contributed by atoms with Crippen molar-refractivity contribution in [1.82, 2.24) is 4.90 Å². The van der Waals surface area contributed by atoms with Gasteiger partial charge in [0.25, 0.3) is 0 Å². The molecule has 0 amide bonds. The lowest BCUT2D eigenvalue weighted by molar-refractivity contribution is -0.161. The van der Waals surface area contributed by atoms with Gasteiger partial charge in [-0.05, 0) is 78.3 Å². The lowest BCUT2D eigenvalue weighted by atomic mass is 10.1. The van der Waals surface area contributed by atoms with Crippen LogP contribution in [0.3, 0.4) is 0 Å². The Bertz CT molecular complexity index is 994. The van der Waals surface area contributed by atoms with Crippen LogP contribution in [-0.4, -0.2) is 68.3 Å². The summed E-state index contributed by atoms with van der Waals surface area (Å²) in [7, 11) is -0.742. The van der Waals surface area contributed by atoms with E-state index in [9.17, 15) is 19.0 Å². The second-order valence-corrected chi connectivity index (χ2v) is 14.9. The largest absolute Gasteiger partial charge is 0.472 e. The van der Waals surface area contributed by atoms with Crippen molar-refractivity contribution in [3.63, 3.8) is 0 Å². The molecule has 0 fully saturated rings. The second-order valence-electron chi connectivity index (χ2n) is 13.5. The van der Waals surface area contributed by atoms with Crippen LogP contribution in [0.5, 0.6) is 0 Å².